The van der Waals surface area contributed by atoms with E-state index in [1.807, 2.05) is 6.07 Å². The Morgan fingerprint density at radius 2 is 1.90 bits per heavy atom. The number of carbonyl (C=O) groups excluding carboxylic acids is 2. The fourth-order valence-electron chi connectivity index (χ4n) is 2.54. The SMILES string of the molecule is CN(CC1CCNCC1)C(=O)CNC(=O)c1ccccc1. The Balaban J connectivity index is 1.74. The van der Waals surface area contributed by atoms with Gasteiger partial charge in [-0.2, -0.15) is 0 Å². The number of nitrogens with zero attached hydrogens (tertiary/aromatic N) is 1. The first-order valence-electron chi connectivity index (χ1n) is 7.44. The van der Waals surface area contributed by atoms with Crippen molar-refractivity contribution in [2.24, 2.45) is 5.92 Å². The van der Waals surface area contributed by atoms with Crippen LogP contribution in [-0.2, 0) is 4.79 Å². The van der Waals surface area contributed by atoms with Crippen LogP contribution in [0.3, 0.4) is 0 Å². The first-order valence-corrected chi connectivity index (χ1v) is 7.44. The lowest BCUT2D eigenvalue weighted by atomic mass is 9.98. The second-order valence-corrected chi connectivity index (χ2v) is 5.52. The number of hydrogen-bond donors (Lipinski definition) is 2. The van der Waals surface area contributed by atoms with Gasteiger partial charge in [0.2, 0.25) is 5.91 Å². The summed E-state index contributed by atoms with van der Waals surface area (Å²) in [4.78, 5) is 25.6. The van der Waals surface area contributed by atoms with Crippen LogP contribution < -0.4 is 10.6 Å². The summed E-state index contributed by atoms with van der Waals surface area (Å²) in [5.41, 5.74) is 0.575. The van der Waals surface area contributed by atoms with Crippen LogP contribution in [-0.4, -0.2) is 49.9 Å². The van der Waals surface area contributed by atoms with Crippen LogP contribution in [0, 0.1) is 5.92 Å². The molecule has 0 spiro atoms. The van der Waals surface area contributed by atoms with E-state index in [0.29, 0.717) is 11.5 Å². The predicted molar refractivity (Wildman–Crippen MR) is 82.0 cm³/mol. The van der Waals surface area contributed by atoms with Gasteiger partial charge in [-0.15, -0.1) is 0 Å². The zero-order valence-corrected chi connectivity index (χ0v) is 12.5. The fraction of sp³-hybridized carbons (Fsp3) is 0.500. The van der Waals surface area contributed by atoms with Gasteiger partial charge < -0.3 is 15.5 Å². The van der Waals surface area contributed by atoms with E-state index in [1.54, 1.807) is 36.2 Å². The van der Waals surface area contributed by atoms with Crippen LogP contribution in [0.4, 0.5) is 0 Å². The molecule has 1 fully saturated rings. The summed E-state index contributed by atoms with van der Waals surface area (Å²) in [6, 6.07) is 8.94. The van der Waals surface area contributed by atoms with Gasteiger partial charge in [0, 0.05) is 19.2 Å². The van der Waals surface area contributed by atoms with Crippen molar-refractivity contribution in [3.63, 3.8) is 0 Å². The average Bonchev–Trinajstić information content (AvgIpc) is 2.54. The molecule has 0 aliphatic carbocycles. The zero-order chi connectivity index (χ0) is 15.1. The molecular weight excluding hydrogens is 266 g/mol. The third-order valence-corrected chi connectivity index (χ3v) is 3.85. The van der Waals surface area contributed by atoms with Gasteiger partial charge in [-0.25, -0.2) is 0 Å². The first-order chi connectivity index (χ1) is 10.2. The summed E-state index contributed by atoms with van der Waals surface area (Å²) in [5.74, 6) is 0.307. The van der Waals surface area contributed by atoms with E-state index in [9.17, 15) is 9.59 Å². The minimum absolute atomic E-state index is 0.0437. The van der Waals surface area contributed by atoms with Crippen molar-refractivity contribution >= 4 is 11.8 Å². The Kier molecular flexibility index (Phi) is 5.75. The van der Waals surface area contributed by atoms with Crippen LogP contribution in [0.15, 0.2) is 30.3 Å². The van der Waals surface area contributed by atoms with Gasteiger partial charge in [-0.3, -0.25) is 9.59 Å². The molecule has 1 aliphatic heterocycles. The molecule has 0 unspecified atom stereocenters. The molecular formula is C16H23N3O2. The molecule has 0 radical (unpaired) electrons. The zero-order valence-electron chi connectivity index (χ0n) is 12.5. The fourth-order valence-corrected chi connectivity index (χ4v) is 2.54. The molecule has 5 heteroatoms. The van der Waals surface area contributed by atoms with Gasteiger partial charge in [-0.05, 0) is 44.0 Å². The lowest BCUT2D eigenvalue weighted by molar-refractivity contribution is -0.129. The Morgan fingerprint density at radius 3 is 2.57 bits per heavy atom. The lowest BCUT2D eigenvalue weighted by Crippen LogP contribution is -2.42. The molecule has 0 bridgehead atoms. The third-order valence-electron chi connectivity index (χ3n) is 3.85. The maximum atomic E-state index is 12.0. The number of amides is 2. The molecule has 1 saturated heterocycles. The van der Waals surface area contributed by atoms with Crippen LogP contribution in [0.2, 0.25) is 0 Å². The molecule has 5 nitrogen and oxygen atoms in total. The Bertz CT molecular complexity index is 470. The first kappa shape index (κ1) is 15.5. The minimum Gasteiger partial charge on any atom is -0.344 e. The van der Waals surface area contributed by atoms with Gasteiger partial charge >= 0.3 is 0 Å². The molecule has 2 rings (SSSR count). The molecule has 2 amide bonds. The molecule has 0 atom stereocenters. The van der Waals surface area contributed by atoms with Gasteiger partial charge in [-0.1, -0.05) is 18.2 Å². The smallest absolute Gasteiger partial charge is 0.251 e. The summed E-state index contributed by atoms with van der Waals surface area (Å²) in [6.07, 6.45) is 2.21. The van der Waals surface area contributed by atoms with E-state index < -0.39 is 0 Å². The highest BCUT2D eigenvalue weighted by atomic mass is 16.2. The summed E-state index contributed by atoms with van der Waals surface area (Å²) in [6.45, 7) is 2.87. The largest absolute Gasteiger partial charge is 0.344 e. The number of carbonyl (C=O) groups is 2. The quantitative estimate of drug-likeness (QED) is 0.846. The maximum absolute atomic E-state index is 12.0. The van der Waals surface area contributed by atoms with Gasteiger partial charge in [0.15, 0.2) is 0 Å². The van der Waals surface area contributed by atoms with E-state index in [4.69, 9.17) is 0 Å². The highest BCUT2D eigenvalue weighted by Gasteiger charge is 2.18. The maximum Gasteiger partial charge on any atom is 0.251 e. The monoisotopic (exact) mass is 289 g/mol. The molecule has 1 aliphatic rings. The normalized spacial score (nSPS) is 15.5. The molecule has 1 aromatic rings. The summed E-state index contributed by atoms with van der Waals surface area (Å²) < 4.78 is 0. The molecule has 1 aromatic carbocycles. The van der Waals surface area contributed by atoms with Gasteiger partial charge in [0.1, 0.15) is 0 Å². The van der Waals surface area contributed by atoms with Crippen molar-refractivity contribution in [3.8, 4) is 0 Å². The number of likely N-dealkylation sites (N-methyl/N-ethyl adjacent to an activating group) is 1. The van der Waals surface area contributed by atoms with Crippen LogP contribution in [0.1, 0.15) is 23.2 Å². The average molecular weight is 289 g/mol. The Hall–Kier alpha value is -1.88. The van der Waals surface area contributed by atoms with Crippen molar-refractivity contribution in [3.05, 3.63) is 35.9 Å². The lowest BCUT2D eigenvalue weighted by Gasteiger charge is -2.27. The summed E-state index contributed by atoms with van der Waals surface area (Å²) >= 11 is 0. The molecule has 1 heterocycles. The van der Waals surface area contributed by atoms with Crippen LogP contribution in [0.25, 0.3) is 0 Å². The van der Waals surface area contributed by atoms with Crippen molar-refractivity contribution in [1.29, 1.82) is 0 Å². The molecule has 2 N–H and O–H groups in total. The molecule has 0 aromatic heterocycles. The third kappa shape index (κ3) is 4.86. The van der Waals surface area contributed by atoms with Crippen LogP contribution >= 0.6 is 0 Å². The summed E-state index contributed by atoms with van der Waals surface area (Å²) in [7, 11) is 1.80. The van der Waals surface area contributed by atoms with Gasteiger partial charge in [0.05, 0.1) is 6.54 Å². The van der Waals surface area contributed by atoms with E-state index in [0.717, 1.165) is 32.5 Å². The number of piperidine rings is 1. The Morgan fingerprint density at radius 1 is 1.24 bits per heavy atom. The van der Waals surface area contributed by atoms with E-state index >= 15 is 0 Å². The van der Waals surface area contributed by atoms with Crippen molar-refractivity contribution in [1.82, 2.24) is 15.5 Å². The van der Waals surface area contributed by atoms with E-state index in [-0.39, 0.29) is 18.4 Å². The number of rotatable bonds is 5. The van der Waals surface area contributed by atoms with E-state index in [1.165, 1.54) is 0 Å². The van der Waals surface area contributed by atoms with Crippen molar-refractivity contribution in [2.45, 2.75) is 12.8 Å². The highest BCUT2D eigenvalue weighted by molar-refractivity contribution is 5.96. The standard InChI is InChI=1S/C16H23N3O2/c1-19(12-13-7-9-17-10-8-13)15(20)11-18-16(21)14-5-3-2-4-6-14/h2-6,13,17H,7-12H2,1H3,(H,18,21). The Labute approximate surface area is 125 Å². The van der Waals surface area contributed by atoms with Crippen molar-refractivity contribution < 1.29 is 9.59 Å². The van der Waals surface area contributed by atoms with Crippen molar-refractivity contribution in [2.75, 3.05) is 33.2 Å². The number of benzene rings is 1. The number of nitrogens with one attached hydrogen (secondary N) is 2. The highest BCUT2D eigenvalue weighted by Crippen LogP contribution is 2.12. The topological polar surface area (TPSA) is 61.4 Å². The molecule has 21 heavy (non-hydrogen) atoms. The van der Waals surface area contributed by atoms with E-state index in [2.05, 4.69) is 10.6 Å². The summed E-state index contributed by atoms with van der Waals surface area (Å²) in [5, 5.41) is 5.99. The number of hydrogen-bond acceptors (Lipinski definition) is 3. The molecule has 0 saturated carbocycles. The second kappa shape index (κ2) is 7.78. The second-order valence-electron chi connectivity index (χ2n) is 5.52. The minimum atomic E-state index is -0.209. The molecule has 114 valence electrons. The predicted octanol–water partition coefficient (Wildman–Crippen LogP) is 0.874. The van der Waals surface area contributed by atoms with Crippen LogP contribution in [0.5, 0.6) is 0 Å². The van der Waals surface area contributed by atoms with Gasteiger partial charge in [0.25, 0.3) is 5.91 Å².